The normalized spacial score (nSPS) is 12.0. The molecule has 1 amide bonds. The van der Waals surface area contributed by atoms with Gasteiger partial charge in [0, 0.05) is 5.56 Å². The Balaban J connectivity index is 1.64. The van der Waals surface area contributed by atoms with Crippen molar-refractivity contribution in [2.24, 2.45) is 0 Å². The van der Waals surface area contributed by atoms with Gasteiger partial charge in [0.05, 0.1) is 12.1 Å². The molecule has 0 aliphatic rings. The highest BCUT2D eigenvalue weighted by molar-refractivity contribution is 5.94. The van der Waals surface area contributed by atoms with Gasteiger partial charge in [-0.3, -0.25) is 4.79 Å². The second-order valence-electron chi connectivity index (χ2n) is 6.56. The third-order valence-electron chi connectivity index (χ3n) is 4.16. The minimum atomic E-state index is -0.149. The topological polar surface area (TPSA) is 81.9 Å². The van der Waals surface area contributed by atoms with E-state index in [9.17, 15) is 4.79 Å². The van der Waals surface area contributed by atoms with Crippen LogP contribution >= 0.6 is 0 Å². The molecule has 0 bridgehead atoms. The van der Waals surface area contributed by atoms with Crippen LogP contribution in [0.4, 0.5) is 0 Å². The fourth-order valence-corrected chi connectivity index (χ4v) is 2.69. The maximum atomic E-state index is 12.6. The van der Waals surface area contributed by atoms with Crippen LogP contribution in [0, 0.1) is 0 Å². The van der Waals surface area contributed by atoms with Crippen molar-refractivity contribution < 1.29 is 9.53 Å². The second kappa shape index (κ2) is 8.44. The number of tetrazole rings is 1. The molecule has 1 aromatic heterocycles. The Morgan fingerprint density at radius 3 is 2.63 bits per heavy atom. The van der Waals surface area contributed by atoms with Gasteiger partial charge in [0.25, 0.3) is 5.91 Å². The summed E-state index contributed by atoms with van der Waals surface area (Å²) in [6.07, 6.45) is 0. The van der Waals surface area contributed by atoms with Crippen LogP contribution in [0.5, 0.6) is 5.75 Å². The van der Waals surface area contributed by atoms with Gasteiger partial charge in [-0.25, -0.2) is 4.68 Å². The molecule has 7 heteroatoms. The van der Waals surface area contributed by atoms with Gasteiger partial charge in [-0.15, -0.1) is 5.10 Å². The number of amides is 1. The van der Waals surface area contributed by atoms with E-state index >= 15 is 0 Å². The Labute approximate surface area is 158 Å². The smallest absolute Gasteiger partial charge is 0.251 e. The number of nitrogens with one attached hydrogen (secondary N) is 1. The maximum Gasteiger partial charge on any atom is 0.251 e. The van der Waals surface area contributed by atoms with Crippen molar-refractivity contribution in [1.29, 1.82) is 0 Å². The molecule has 3 rings (SSSR count). The zero-order valence-electron chi connectivity index (χ0n) is 15.7. The van der Waals surface area contributed by atoms with Gasteiger partial charge >= 0.3 is 0 Å². The van der Waals surface area contributed by atoms with Gasteiger partial charge in [0.15, 0.2) is 5.82 Å². The first-order valence-corrected chi connectivity index (χ1v) is 8.90. The van der Waals surface area contributed by atoms with Crippen molar-refractivity contribution >= 4 is 5.91 Å². The molecular weight excluding hydrogens is 342 g/mol. The summed E-state index contributed by atoms with van der Waals surface area (Å²) in [7, 11) is 0. The molecule has 1 heterocycles. The number of hydrogen-bond donors (Lipinski definition) is 1. The lowest BCUT2D eigenvalue weighted by atomic mass is 10.1. The van der Waals surface area contributed by atoms with Crippen LogP contribution in [0.25, 0.3) is 0 Å². The molecule has 2 aromatic carbocycles. The van der Waals surface area contributed by atoms with Crippen LogP contribution in [-0.2, 0) is 6.61 Å². The lowest BCUT2D eigenvalue weighted by Crippen LogP contribution is -2.26. The van der Waals surface area contributed by atoms with E-state index in [2.05, 4.69) is 20.8 Å². The van der Waals surface area contributed by atoms with E-state index in [4.69, 9.17) is 4.74 Å². The molecule has 0 saturated heterocycles. The SMILES string of the molecule is CC(NC(=O)c1cccc(OCc2nnnn2C(C)C)c1)c1ccccc1. The summed E-state index contributed by atoms with van der Waals surface area (Å²) in [6.45, 7) is 6.19. The highest BCUT2D eigenvalue weighted by atomic mass is 16.5. The monoisotopic (exact) mass is 365 g/mol. The number of benzene rings is 2. The number of carbonyl (C=O) groups is 1. The van der Waals surface area contributed by atoms with E-state index in [0.29, 0.717) is 17.1 Å². The van der Waals surface area contributed by atoms with Crippen LogP contribution in [-0.4, -0.2) is 26.1 Å². The fourth-order valence-electron chi connectivity index (χ4n) is 2.69. The standard InChI is InChI=1S/C20H23N5O2/c1-14(2)25-19(22-23-24-25)13-27-18-11-7-10-17(12-18)20(26)21-15(3)16-8-5-4-6-9-16/h4-12,14-15H,13H2,1-3H3,(H,21,26). The van der Waals surface area contributed by atoms with E-state index in [1.165, 1.54) is 0 Å². The third kappa shape index (κ3) is 4.69. The molecule has 27 heavy (non-hydrogen) atoms. The lowest BCUT2D eigenvalue weighted by molar-refractivity contribution is 0.0939. The molecule has 0 fully saturated rings. The quantitative estimate of drug-likeness (QED) is 0.694. The highest BCUT2D eigenvalue weighted by Gasteiger charge is 2.13. The maximum absolute atomic E-state index is 12.6. The highest BCUT2D eigenvalue weighted by Crippen LogP contribution is 2.17. The average molecular weight is 365 g/mol. The summed E-state index contributed by atoms with van der Waals surface area (Å²) < 4.78 is 7.48. The van der Waals surface area contributed by atoms with Gasteiger partial charge in [-0.1, -0.05) is 36.4 Å². The summed E-state index contributed by atoms with van der Waals surface area (Å²) in [5, 5.41) is 14.6. The second-order valence-corrected chi connectivity index (χ2v) is 6.56. The molecule has 0 spiro atoms. The van der Waals surface area contributed by atoms with Crippen molar-refractivity contribution in [2.75, 3.05) is 0 Å². The predicted octanol–water partition coefficient (Wildman–Crippen LogP) is 3.32. The van der Waals surface area contributed by atoms with Gasteiger partial charge in [-0.05, 0) is 55.0 Å². The number of hydrogen-bond acceptors (Lipinski definition) is 5. The van der Waals surface area contributed by atoms with Crippen LogP contribution < -0.4 is 10.1 Å². The molecule has 1 N–H and O–H groups in total. The molecule has 0 aliphatic carbocycles. The molecular formula is C20H23N5O2. The minimum absolute atomic E-state index is 0.0843. The fraction of sp³-hybridized carbons (Fsp3) is 0.300. The van der Waals surface area contributed by atoms with Gasteiger partial charge in [0.2, 0.25) is 0 Å². The summed E-state index contributed by atoms with van der Waals surface area (Å²) in [5.41, 5.74) is 1.59. The van der Waals surface area contributed by atoms with Crippen LogP contribution in [0.1, 0.15) is 54.6 Å². The van der Waals surface area contributed by atoms with Gasteiger partial charge in [-0.2, -0.15) is 0 Å². The molecule has 3 aromatic rings. The van der Waals surface area contributed by atoms with E-state index in [0.717, 1.165) is 5.56 Å². The number of carbonyl (C=O) groups excluding carboxylic acids is 1. The molecule has 1 unspecified atom stereocenters. The van der Waals surface area contributed by atoms with Gasteiger partial charge in [0.1, 0.15) is 12.4 Å². The minimum Gasteiger partial charge on any atom is -0.486 e. The Morgan fingerprint density at radius 1 is 1.11 bits per heavy atom. The van der Waals surface area contributed by atoms with Crippen molar-refractivity contribution in [2.45, 2.75) is 39.5 Å². The molecule has 0 saturated carbocycles. The predicted molar refractivity (Wildman–Crippen MR) is 101 cm³/mol. The van der Waals surface area contributed by atoms with E-state index in [-0.39, 0.29) is 24.6 Å². The largest absolute Gasteiger partial charge is 0.486 e. The summed E-state index contributed by atoms with van der Waals surface area (Å²) >= 11 is 0. The molecule has 1 atom stereocenters. The Morgan fingerprint density at radius 2 is 1.89 bits per heavy atom. The molecule has 7 nitrogen and oxygen atoms in total. The summed E-state index contributed by atoms with van der Waals surface area (Å²) in [6, 6.07) is 17.0. The Bertz CT molecular complexity index is 892. The first kappa shape index (κ1) is 18.6. The number of ether oxygens (including phenoxy) is 1. The van der Waals surface area contributed by atoms with Crippen molar-refractivity contribution in [3.63, 3.8) is 0 Å². The third-order valence-corrected chi connectivity index (χ3v) is 4.16. The molecule has 140 valence electrons. The van der Waals surface area contributed by atoms with Crippen LogP contribution in [0.2, 0.25) is 0 Å². The number of nitrogens with zero attached hydrogens (tertiary/aromatic N) is 4. The van der Waals surface area contributed by atoms with E-state index < -0.39 is 0 Å². The Kier molecular flexibility index (Phi) is 5.80. The van der Waals surface area contributed by atoms with Crippen molar-refractivity contribution in [1.82, 2.24) is 25.5 Å². The van der Waals surface area contributed by atoms with E-state index in [1.54, 1.807) is 28.9 Å². The van der Waals surface area contributed by atoms with Crippen LogP contribution in [0.3, 0.4) is 0 Å². The molecule has 0 radical (unpaired) electrons. The molecule has 0 aliphatic heterocycles. The first-order chi connectivity index (χ1) is 13.0. The summed E-state index contributed by atoms with van der Waals surface area (Å²) in [4.78, 5) is 12.6. The lowest BCUT2D eigenvalue weighted by Gasteiger charge is -2.15. The van der Waals surface area contributed by atoms with Crippen LogP contribution in [0.15, 0.2) is 54.6 Å². The zero-order chi connectivity index (χ0) is 19.2. The summed E-state index contributed by atoms with van der Waals surface area (Å²) in [5.74, 6) is 1.08. The number of aromatic nitrogens is 4. The van der Waals surface area contributed by atoms with E-state index in [1.807, 2.05) is 51.1 Å². The first-order valence-electron chi connectivity index (χ1n) is 8.90. The van der Waals surface area contributed by atoms with Crippen molar-refractivity contribution in [3.8, 4) is 5.75 Å². The zero-order valence-corrected chi connectivity index (χ0v) is 15.7. The average Bonchev–Trinajstić information content (AvgIpc) is 3.16. The van der Waals surface area contributed by atoms with Crippen molar-refractivity contribution in [3.05, 3.63) is 71.5 Å². The number of rotatable bonds is 7. The van der Waals surface area contributed by atoms with Gasteiger partial charge < -0.3 is 10.1 Å². The Hall–Kier alpha value is -3.22.